The lowest BCUT2D eigenvalue weighted by Crippen LogP contribution is -2.63. The highest BCUT2D eigenvalue weighted by molar-refractivity contribution is 6.74. The molecule has 0 radical (unpaired) electrons. The fourth-order valence-electron chi connectivity index (χ4n) is 11.0. The van der Waals surface area contributed by atoms with Gasteiger partial charge in [0.1, 0.15) is 12.2 Å². The topological polar surface area (TPSA) is 173 Å². The Balaban J connectivity index is 2.21. The van der Waals surface area contributed by atoms with E-state index in [1.165, 1.54) is 12.1 Å². The van der Waals surface area contributed by atoms with E-state index in [-0.39, 0.29) is 36.3 Å². The molecule has 0 saturated carbocycles. The second kappa shape index (κ2) is 26.8. The second-order valence-corrected chi connectivity index (χ2v) is 35.3. The van der Waals surface area contributed by atoms with Gasteiger partial charge >= 0.3 is 23.5 Å². The highest BCUT2D eigenvalue weighted by Gasteiger charge is 2.61. The predicted molar refractivity (Wildman–Crippen MR) is 291 cm³/mol. The molecule has 10 atom stereocenters. The molecule has 1 aromatic carbocycles. The van der Waals surface area contributed by atoms with Gasteiger partial charge in [-0.15, -0.1) is 0 Å². The molecule has 16 heteroatoms. The van der Waals surface area contributed by atoms with Crippen LogP contribution in [0.5, 0.6) is 0 Å². The van der Waals surface area contributed by atoms with E-state index in [4.69, 9.17) is 27.5 Å². The van der Waals surface area contributed by atoms with Crippen molar-refractivity contribution in [1.82, 2.24) is 0 Å². The monoisotopic (exact) mass is 1040 g/mol. The van der Waals surface area contributed by atoms with E-state index in [1.807, 2.05) is 65.8 Å². The van der Waals surface area contributed by atoms with Crippen LogP contribution in [0, 0.1) is 22.0 Å². The van der Waals surface area contributed by atoms with Crippen molar-refractivity contribution in [1.29, 1.82) is 0 Å². The molecule has 3 rings (SSSR count). The number of carboxylic acids is 1. The fourth-order valence-corrected chi connectivity index (χ4v) is 20.0. The Morgan fingerprint density at radius 2 is 1.46 bits per heavy atom. The van der Waals surface area contributed by atoms with Gasteiger partial charge in [0.25, 0.3) is 5.69 Å². The number of hydrogen-bond acceptors (Lipinski definition) is 11. The van der Waals surface area contributed by atoms with Gasteiger partial charge in [-0.05, 0) is 110 Å². The smallest absolute Gasteiger partial charge is 0.366 e. The van der Waals surface area contributed by atoms with Crippen molar-refractivity contribution in [3.05, 3.63) is 75.9 Å². The predicted octanol–water partition coefficient (Wildman–Crippen LogP) is 13.8. The lowest BCUT2D eigenvalue weighted by atomic mass is 9.73. The normalized spacial score (nSPS) is 26.7. The van der Waals surface area contributed by atoms with Gasteiger partial charge in [-0.1, -0.05) is 133 Å². The summed E-state index contributed by atoms with van der Waals surface area (Å²) in [6.07, 6.45) is 10.1. The largest absolute Gasteiger partial charge is 0.478 e. The number of nitro groups is 1. The number of carbonyl (C=O) groups is 3. The molecule has 13 nitrogen and oxygen atoms in total. The zero-order valence-corrected chi connectivity index (χ0v) is 49.5. The molecule has 71 heavy (non-hydrogen) atoms. The Labute approximate surface area is 430 Å². The zero-order chi connectivity index (χ0) is 53.6. The zero-order valence-electron chi connectivity index (χ0n) is 46.5. The van der Waals surface area contributed by atoms with Crippen LogP contribution in [0.15, 0.2) is 60.2 Å². The number of carboxylic acid groups (broad SMARTS) is 1. The SMILES string of the molecule is CCC(O[Si](CC)(CC)CC)C(C)C1OC1CC(C)(C=CC=C(C)C1OC(=O)C(OC(C)=O)(C(=O)O)C(O[Si](CC)(CC)CC)CCC(C)(c2ccc([N+](=O)[O-])cc2)CC=CC1C)O[Si](CC)(CC)CC. The fraction of sp³-hybridized carbons (Fsp3) is 0.727. The molecule has 2 aliphatic rings. The average Bonchev–Trinajstić information content (AvgIpc) is 4.12. The van der Waals surface area contributed by atoms with Gasteiger partial charge in [0.05, 0.1) is 22.7 Å². The molecule has 0 amide bonds. The van der Waals surface area contributed by atoms with E-state index in [0.29, 0.717) is 43.0 Å². The highest BCUT2D eigenvalue weighted by atomic mass is 28.4. The number of cyclic esters (lactones) is 1. The molecule has 2 aliphatic heterocycles. The number of ether oxygens (including phenoxy) is 3. The third-order valence-electron chi connectivity index (χ3n) is 16.9. The average molecular weight is 1040 g/mol. The summed E-state index contributed by atoms with van der Waals surface area (Å²) in [4.78, 5) is 53.3. The van der Waals surface area contributed by atoms with E-state index < -0.39 is 82.5 Å². The summed E-state index contributed by atoms with van der Waals surface area (Å²) in [6.45, 7) is 33.0. The highest BCUT2D eigenvalue weighted by Crippen LogP contribution is 2.44. The van der Waals surface area contributed by atoms with Crippen LogP contribution >= 0.6 is 0 Å². The van der Waals surface area contributed by atoms with E-state index in [0.717, 1.165) is 55.2 Å². The second-order valence-electron chi connectivity index (χ2n) is 21.1. The molecule has 402 valence electrons. The van der Waals surface area contributed by atoms with Crippen molar-refractivity contribution in [3.8, 4) is 0 Å². The van der Waals surface area contributed by atoms with Gasteiger partial charge in [-0.3, -0.25) is 14.9 Å². The van der Waals surface area contributed by atoms with Gasteiger partial charge in [-0.25, -0.2) is 9.59 Å². The van der Waals surface area contributed by atoms with E-state index in [2.05, 4.69) is 68.4 Å². The number of hydrogen-bond donors (Lipinski definition) is 1. The molecule has 1 saturated heterocycles. The summed E-state index contributed by atoms with van der Waals surface area (Å²) in [7, 11) is -6.69. The van der Waals surface area contributed by atoms with Gasteiger partial charge in [0.15, 0.2) is 25.0 Å². The van der Waals surface area contributed by atoms with Crippen LogP contribution in [0.3, 0.4) is 0 Å². The van der Waals surface area contributed by atoms with E-state index in [1.54, 1.807) is 12.1 Å². The summed E-state index contributed by atoms with van der Waals surface area (Å²) >= 11 is 0. The van der Waals surface area contributed by atoms with Gasteiger partial charge in [-0.2, -0.15) is 0 Å². The number of aliphatic carboxylic acids is 1. The number of non-ortho nitro benzene ring substituents is 1. The Morgan fingerprint density at radius 1 is 0.915 bits per heavy atom. The lowest BCUT2D eigenvalue weighted by Gasteiger charge is -2.42. The minimum absolute atomic E-state index is 0.00833. The molecule has 10 unspecified atom stereocenters. The maximum absolute atomic E-state index is 15.1. The van der Waals surface area contributed by atoms with E-state index in [9.17, 15) is 24.8 Å². The van der Waals surface area contributed by atoms with Crippen molar-refractivity contribution in [2.45, 2.75) is 244 Å². The molecule has 1 N–H and O–H groups in total. The van der Waals surface area contributed by atoms with Crippen molar-refractivity contribution in [3.63, 3.8) is 0 Å². The number of carbonyl (C=O) groups excluding carboxylic acids is 2. The van der Waals surface area contributed by atoms with Crippen LogP contribution in [0.4, 0.5) is 5.69 Å². The van der Waals surface area contributed by atoms with Gasteiger partial charge < -0.3 is 32.6 Å². The number of esters is 2. The maximum atomic E-state index is 15.1. The first-order valence-electron chi connectivity index (χ1n) is 27.0. The molecule has 2 heterocycles. The summed E-state index contributed by atoms with van der Waals surface area (Å²) in [5, 5.41) is 22.9. The Bertz CT molecular complexity index is 1970. The number of nitrogens with zero attached hydrogens (tertiary/aromatic N) is 1. The van der Waals surface area contributed by atoms with Crippen LogP contribution in [0.1, 0.15) is 148 Å². The van der Waals surface area contributed by atoms with Crippen LogP contribution in [0.2, 0.25) is 54.4 Å². The first-order chi connectivity index (χ1) is 33.4. The van der Waals surface area contributed by atoms with Gasteiger partial charge in [0, 0.05) is 43.4 Å². The standard InChI is InChI=1S/C55H93NO12Si3/c1-17-46(66-69(18-2,19-3)20-4)42(13)50-47(63-50)39-54(16,68-71(24-8,25-9)26-10)37-28-30-41(12)49-40(11)29-27-36-53(15,44-31-33-45(34-32-44)56(61)62)38-35-48(67-70(21-5,22-6)23-7)55(51(58)59,52(60)64-49)65-43(14)57/h27-34,37,40,42,46-50H,17-26,35-36,38-39H2,1-16H3,(H,58,59). The quantitative estimate of drug-likeness (QED) is 0.0129. The third-order valence-corrected chi connectivity index (χ3v) is 31.0. The van der Waals surface area contributed by atoms with Crippen molar-refractivity contribution in [2.24, 2.45) is 11.8 Å². The summed E-state index contributed by atoms with van der Waals surface area (Å²) in [5.41, 5.74) is -2.85. The first kappa shape index (κ1) is 62.0. The number of nitro benzene ring substituents is 1. The Kier molecular flexibility index (Phi) is 23.4. The summed E-state index contributed by atoms with van der Waals surface area (Å²) in [6, 6.07) is 14.5. The number of allylic oxidation sites excluding steroid dienone is 3. The lowest BCUT2D eigenvalue weighted by molar-refractivity contribution is -0.384. The number of benzene rings is 1. The Morgan fingerprint density at radius 3 is 1.94 bits per heavy atom. The number of epoxide rings is 1. The summed E-state index contributed by atoms with van der Waals surface area (Å²) in [5.74, 6) is -4.11. The van der Waals surface area contributed by atoms with Gasteiger partial charge in [0.2, 0.25) is 0 Å². The summed E-state index contributed by atoms with van der Waals surface area (Å²) < 4.78 is 40.1. The molecule has 0 spiro atoms. The molecule has 0 aromatic heterocycles. The maximum Gasteiger partial charge on any atom is 0.366 e. The molecule has 1 aromatic rings. The molecule has 0 aliphatic carbocycles. The first-order valence-corrected chi connectivity index (χ1v) is 34.6. The molecular weight excluding hydrogens is 951 g/mol. The van der Waals surface area contributed by atoms with Crippen LogP contribution in [-0.2, 0) is 47.3 Å². The number of rotatable bonds is 27. The molecule has 1 fully saturated rings. The van der Waals surface area contributed by atoms with Crippen LogP contribution in [-0.4, -0.2) is 94.6 Å². The van der Waals surface area contributed by atoms with Crippen LogP contribution in [0.25, 0.3) is 0 Å². The van der Waals surface area contributed by atoms with Crippen molar-refractivity contribution >= 4 is 48.5 Å². The third kappa shape index (κ3) is 15.2. The molecular formula is C55H93NO12Si3. The van der Waals surface area contributed by atoms with Crippen molar-refractivity contribution < 1.29 is 51.9 Å². The van der Waals surface area contributed by atoms with E-state index >= 15 is 4.79 Å². The Hall–Kier alpha value is -3.26. The minimum atomic E-state index is -2.84. The van der Waals surface area contributed by atoms with Crippen LogP contribution < -0.4 is 0 Å². The molecule has 0 bridgehead atoms. The minimum Gasteiger partial charge on any atom is -0.478 e. The van der Waals surface area contributed by atoms with Crippen molar-refractivity contribution in [2.75, 3.05) is 0 Å².